The average molecular weight is 455 g/mol. The van der Waals surface area contributed by atoms with E-state index in [1.54, 1.807) is 24.3 Å². The van der Waals surface area contributed by atoms with E-state index in [2.05, 4.69) is 10.3 Å². The number of pyridine rings is 1. The Kier molecular flexibility index (Phi) is 7.17. The molecule has 1 aliphatic rings. The van der Waals surface area contributed by atoms with Gasteiger partial charge in [0.15, 0.2) is 5.78 Å². The fourth-order valence-electron chi connectivity index (χ4n) is 3.45. The van der Waals surface area contributed by atoms with Crippen molar-refractivity contribution in [1.82, 2.24) is 9.88 Å². The molecule has 0 aliphatic carbocycles. The van der Waals surface area contributed by atoms with Crippen molar-refractivity contribution in [2.45, 2.75) is 19.5 Å². The Morgan fingerprint density at radius 2 is 1.90 bits per heavy atom. The summed E-state index contributed by atoms with van der Waals surface area (Å²) in [5.41, 5.74) is 0.0262. The van der Waals surface area contributed by atoms with Gasteiger partial charge in [0.2, 0.25) is 5.91 Å². The highest BCUT2D eigenvalue weighted by atomic mass is 35.5. The maximum absolute atomic E-state index is 12.8. The van der Waals surface area contributed by atoms with Crippen LogP contribution in [0, 0.1) is 0 Å². The number of hydrogen-bond acceptors (Lipinski definition) is 5. The number of nitrogens with one attached hydrogen (secondary N) is 1. The van der Waals surface area contributed by atoms with Crippen molar-refractivity contribution >= 4 is 34.8 Å². The molecule has 1 N–H and O–H groups in total. The van der Waals surface area contributed by atoms with Crippen molar-refractivity contribution in [3.8, 4) is 0 Å². The molecule has 0 spiro atoms. The van der Waals surface area contributed by atoms with E-state index in [4.69, 9.17) is 11.6 Å². The largest absolute Gasteiger partial charge is 0.417 e. The summed E-state index contributed by atoms with van der Waals surface area (Å²) in [5, 5.41) is 2.72. The van der Waals surface area contributed by atoms with E-state index in [9.17, 15) is 22.8 Å². The summed E-state index contributed by atoms with van der Waals surface area (Å²) in [6, 6.07) is 7.69. The third-order valence-electron chi connectivity index (χ3n) is 4.98. The van der Waals surface area contributed by atoms with Gasteiger partial charge in [0, 0.05) is 37.9 Å². The summed E-state index contributed by atoms with van der Waals surface area (Å²) in [4.78, 5) is 31.9. The molecule has 1 fully saturated rings. The van der Waals surface area contributed by atoms with E-state index >= 15 is 0 Å². The van der Waals surface area contributed by atoms with Gasteiger partial charge in [-0.15, -0.1) is 0 Å². The van der Waals surface area contributed by atoms with Crippen LogP contribution in [0.5, 0.6) is 0 Å². The highest BCUT2D eigenvalue weighted by molar-refractivity contribution is 6.33. The summed E-state index contributed by atoms with van der Waals surface area (Å²) < 4.78 is 38.5. The molecule has 0 saturated carbocycles. The first kappa shape index (κ1) is 23.0. The second kappa shape index (κ2) is 9.65. The van der Waals surface area contributed by atoms with Crippen LogP contribution in [0.1, 0.15) is 29.3 Å². The SMILES string of the molecule is CC(=O)c1ccccc1NC(=O)CN1CCCN(c2ncc(C(F)(F)F)cc2Cl)CC1. The van der Waals surface area contributed by atoms with Crippen molar-refractivity contribution in [2.75, 3.05) is 42.9 Å². The number of ketones is 1. The predicted molar refractivity (Wildman–Crippen MR) is 113 cm³/mol. The maximum atomic E-state index is 12.8. The lowest BCUT2D eigenvalue weighted by Gasteiger charge is -2.24. The van der Waals surface area contributed by atoms with Gasteiger partial charge in [-0.05, 0) is 31.5 Å². The van der Waals surface area contributed by atoms with E-state index in [1.165, 1.54) is 6.92 Å². The van der Waals surface area contributed by atoms with E-state index < -0.39 is 11.7 Å². The summed E-state index contributed by atoms with van der Waals surface area (Å²) in [5.74, 6) is -0.0774. The van der Waals surface area contributed by atoms with Crippen molar-refractivity contribution in [1.29, 1.82) is 0 Å². The molecule has 1 aliphatic heterocycles. The molecule has 3 rings (SSSR count). The van der Waals surface area contributed by atoms with Crippen LogP contribution in [0.25, 0.3) is 0 Å². The molecular weight excluding hydrogens is 433 g/mol. The number of carbonyl (C=O) groups is 2. The molecule has 0 atom stereocenters. The Balaban J connectivity index is 1.60. The lowest BCUT2D eigenvalue weighted by Crippen LogP contribution is -2.36. The van der Waals surface area contributed by atoms with Crippen molar-refractivity contribution in [3.05, 3.63) is 52.7 Å². The van der Waals surface area contributed by atoms with Crippen LogP contribution in [0.2, 0.25) is 5.02 Å². The van der Waals surface area contributed by atoms with E-state index in [1.807, 2.05) is 9.80 Å². The fraction of sp³-hybridized carbons (Fsp3) is 0.381. The molecule has 2 heterocycles. The number of halogens is 4. The van der Waals surface area contributed by atoms with Crippen LogP contribution in [0.4, 0.5) is 24.7 Å². The van der Waals surface area contributed by atoms with Gasteiger partial charge in [-0.25, -0.2) is 4.98 Å². The minimum atomic E-state index is -4.50. The lowest BCUT2D eigenvalue weighted by molar-refractivity contribution is -0.137. The second-order valence-corrected chi connectivity index (χ2v) is 7.70. The van der Waals surface area contributed by atoms with Gasteiger partial charge >= 0.3 is 6.18 Å². The minimum absolute atomic E-state index is 0.0538. The Labute approximate surface area is 183 Å². The van der Waals surface area contributed by atoms with E-state index in [0.29, 0.717) is 49.7 Å². The topological polar surface area (TPSA) is 65.5 Å². The van der Waals surface area contributed by atoms with Crippen molar-refractivity contribution < 1.29 is 22.8 Å². The zero-order chi connectivity index (χ0) is 22.6. The average Bonchev–Trinajstić information content (AvgIpc) is 2.93. The number of carbonyl (C=O) groups excluding carboxylic acids is 2. The number of alkyl halides is 3. The van der Waals surface area contributed by atoms with Crippen LogP contribution in [0.15, 0.2) is 36.5 Å². The van der Waals surface area contributed by atoms with Crippen molar-refractivity contribution in [3.63, 3.8) is 0 Å². The zero-order valence-electron chi connectivity index (χ0n) is 16.9. The number of benzene rings is 1. The Morgan fingerprint density at radius 3 is 2.58 bits per heavy atom. The van der Waals surface area contributed by atoms with Crippen LogP contribution >= 0.6 is 11.6 Å². The first-order chi connectivity index (χ1) is 14.6. The molecule has 0 bridgehead atoms. The van der Waals surface area contributed by atoms with Gasteiger partial charge < -0.3 is 10.2 Å². The van der Waals surface area contributed by atoms with Crippen LogP contribution in [-0.4, -0.2) is 54.3 Å². The number of aromatic nitrogens is 1. The van der Waals surface area contributed by atoms with Gasteiger partial charge in [-0.2, -0.15) is 13.2 Å². The third kappa shape index (κ3) is 5.95. The van der Waals surface area contributed by atoms with Crippen LogP contribution < -0.4 is 10.2 Å². The number of nitrogens with zero attached hydrogens (tertiary/aromatic N) is 3. The van der Waals surface area contributed by atoms with Gasteiger partial charge in [-0.3, -0.25) is 14.5 Å². The molecule has 0 unspecified atom stereocenters. The normalized spacial score (nSPS) is 15.5. The van der Waals surface area contributed by atoms with Gasteiger partial charge in [-0.1, -0.05) is 23.7 Å². The summed E-state index contributed by atoms with van der Waals surface area (Å²) >= 11 is 6.06. The Hall–Kier alpha value is -2.65. The molecule has 1 aromatic heterocycles. The van der Waals surface area contributed by atoms with Gasteiger partial charge in [0.25, 0.3) is 0 Å². The summed E-state index contributed by atoms with van der Waals surface area (Å²) in [6.45, 7) is 3.75. The molecule has 166 valence electrons. The van der Waals surface area contributed by atoms with Gasteiger partial charge in [0.1, 0.15) is 5.82 Å². The highest BCUT2D eigenvalue weighted by Gasteiger charge is 2.32. The molecule has 31 heavy (non-hydrogen) atoms. The summed E-state index contributed by atoms with van der Waals surface area (Å²) in [7, 11) is 0. The molecule has 1 aromatic carbocycles. The first-order valence-electron chi connectivity index (χ1n) is 9.75. The number of amides is 1. The smallest absolute Gasteiger partial charge is 0.354 e. The highest BCUT2D eigenvalue weighted by Crippen LogP contribution is 2.33. The standard InChI is InChI=1S/C21H22ClF3N4O2/c1-14(30)16-5-2-3-6-18(16)27-19(31)13-28-7-4-8-29(10-9-28)20-17(22)11-15(12-26-20)21(23,24)25/h2-3,5-6,11-12H,4,7-10,13H2,1H3,(H,27,31). The fourth-order valence-corrected chi connectivity index (χ4v) is 3.74. The molecule has 0 radical (unpaired) electrons. The molecule has 1 saturated heterocycles. The number of Topliss-reactive ketones (excluding diaryl/α,β-unsaturated/α-hetero) is 1. The summed E-state index contributed by atoms with van der Waals surface area (Å²) in [6.07, 6.45) is -3.03. The van der Waals surface area contributed by atoms with Crippen LogP contribution in [0.3, 0.4) is 0 Å². The zero-order valence-corrected chi connectivity index (χ0v) is 17.6. The molecular formula is C21H22ClF3N4O2. The van der Waals surface area contributed by atoms with Crippen LogP contribution in [-0.2, 0) is 11.0 Å². The minimum Gasteiger partial charge on any atom is -0.354 e. The van der Waals surface area contributed by atoms with Crippen molar-refractivity contribution in [2.24, 2.45) is 0 Å². The number of anilines is 2. The number of para-hydroxylation sites is 1. The third-order valence-corrected chi connectivity index (χ3v) is 5.26. The number of hydrogen-bond donors (Lipinski definition) is 1. The predicted octanol–water partition coefficient (Wildman–Crippen LogP) is 4.11. The number of rotatable bonds is 5. The van der Waals surface area contributed by atoms with E-state index in [-0.39, 0.29) is 23.3 Å². The monoisotopic (exact) mass is 454 g/mol. The molecule has 10 heteroatoms. The maximum Gasteiger partial charge on any atom is 0.417 e. The van der Waals surface area contributed by atoms with E-state index in [0.717, 1.165) is 12.3 Å². The van der Waals surface area contributed by atoms with Gasteiger partial charge in [0.05, 0.1) is 22.8 Å². The molecule has 6 nitrogen and oxygen atoms in total. The Bertz CT molecular complexity index is 968. The second-order valence-electron chi connectivity index (χ2n) is 7.29. The molecule has 2 aromatic rings. The first-order valence-corrected chi connectivity index (χ1v) is 10.1. The quantitative estimate of drug-likeness (QED) is 0.689. The Morgan fingerprint density at radius 1 is 1.16 bits per heavy atom. The molecule has 1 amide bonds. The lowest BCUT2D eigenvalue weighted by atomic mass is 10.1.